The zero-order valence-corrected chi connectivity index (χ0v) is 14.3. The highest BCUT2D eigenvalue weighted by Gasteiger charge is 2.22. The Hall–Kier alpha value is -3.15. The average Bonchev–Trinajstić information content (AvgIpc) is 2.97. The highest BCUT2D eigenvalue weighted by molar-refractivity contribution is 5.83. The summed E-state index contributed by atoms with van der Waals surface area (Å²) in [5.41, 5.74) is 1.31. The van der Waals surface area contributed by atoms with Crippen molar-refractivity contribution in [1.29, 1.82) is 0 Å². The highest BCUT2D eigenvalue weighted by Crippen LogP contribution is 2.31. The number of hydrogen-bond acceptors (Lipinski definition) is 1. The summed E-state index contributed by atoms with van der Waals surface area (Å²) in [5.74, 6) is -3.07. The van der Waals surface area contributed by atoms with Crippen molar-refractivity contribution in [3.05, 3.63) is 89.0 Å². The van der Waals surface area contributed by atoms with E-state index in [-0.39, 0.29) is 23.5 Å². The van der Waals surface area contributed by atoms with E-state index in [2.05, 4.69) is 4.98 Å². The van der Waals surface area contributed by atoms with Crippen molar-refractivity contribution in [3.8, 4) is 11.4 Å². The molecule has 0 unspecified atom stereocenters. The van der Waals surface area contributed by atoms with Crippen molar-refractivity contribution in [2.45, 2.75) is 13.5 Å². The molecule has 0 N–H and O–H groups in total. The van der Waals surface area contributed by atoms with Crippen molar-refractivity contribution in [3.63, 3.8) is 0 Å². The van der Waals surface area contributed by atoms with E-state index in [0.717, 1.165) is 29.8 Å². The first-order chi connectivity index (χ1) is 13.0. The third-order valence-corrected chi connectivity index (χ3v) is 4.53. The Bertz CT molecular complexity index is 1120. The smallest absolute Gasteiger partial charge is 0.147 e. The molecule has 0 saturated carbocycles. The normalized spacial score (nSPS) is 11.3. The number of aryl methyl sites for hydroxylation is 1. The summed E-state index contributed by atoms with van der Waals surface area (Å²) in [7, 11) is 0. The molecule has 0 amide bonds. The molecule has 0 radical (unpaired) electrons. The monoisotopic (exact) mass is 370 g/mol. The lowest BCUT2D eigenvalue weighted by molar-refractivity contribution is 0.546. The second kappa shape index (κ2) is 6.54. The fourth-order valence-electron chi connectivity index (χ4n) is 3.26. The van der Waals surface area contributed by atoms with Gasteiger partial charge in [-0.15, -0.1) is 0 Å². The van der Waals surface area contributed by atoms with Crippen LogP contribution >= 0.6 is 0 Å². The van der Waals surface area contributed by atoms with Gasteiger partial charge in [-0.1, -0.05) is 24.3 Å². The highest BCUT2D eigenvalue weighted by atomic mass is 19.1. The number of nitrogens with zero attached hydrogens (tertiary/aromatic N) is 2. The molecule has 4 aromatic rings. The van der Waals surface area contributed by atoms with Crippen LogP contribution in [0.4, 0.5) is 17.6 Å². The van der Waals surface area contributed by atoms with E-state index in [1.807, 2.05) is 0 Å². The maximum Gasteiger partial charge on any atom is 0.147 e. The van der Waals surface area contributed by atoms with Gasteiger partial charge in [-0.25, -0.2) is 22.5 Å². The zero-order chi connectivity index (χ0) is 19.1. The molecule has 6 heteroatoms. The van der Waals surface area contributed by atoms with E-state index < -0.39 is 23.3 Å². The number of fused-ring (bicyclic) bond motifs is 1. The van der Waals surface area contributed by atoms with E-state index in [1.54, 1.807) is 25.1 Å². The quantitative estimate of drug-likeness (QED) is 0.428. The third kappa shape index (κ3) is 2.87. The number of para-hydroxylation sites is 1. The Balaban J connectivity index is 2.03. The van der Waals surface area contributed by atoms with E-state index in [1.165, 1.54) is 16.7 Å². The molecule has 0 aliphatic rings. The van der Waals surface area contributed by atoms with Gasteiger partial charge in [0, 0.05) is 5.56 Å². The average molecular weight is 370 g/mol. The molecule has 27 heavy (non-hydrogen) atoms. The number of imidazole rings is 1. The molecule has 1 aromatic heterocycles. The lowest BCUT2D eigenvalue weighted by atomic mass is 10.1. The summed E-state index contributed by atoms with van der Waals surface area (Å²) >= 11 is 0. The minimum absolute atomic E-state index is 0.0162. The molecule has 0 aliphatic heterocycles. The molecule has 1 heterocycles. The van der Waals surface area contributed by atoms with E-state index in [4.69, 9.17) is 0 Å². The molecule has 3 aromatic carbocycles. The second-order valence-corrected chi connectivity index (χ2v) is 6.26. The van der Waals surface area contributed by atoms with Crippen LogP contribution in [0.2, 0.25) is 0 Å². The number of hydrogen-bond donors (Lipinski definition) is 0. The number of rotatable bonds is 3. The van der Waals surface area contributed by atoms with E-state index >= 15 is 0 Å². The molecule has 0 spiro atoms. The Morgan fingerprint density at radius 2 is 1.33 bits per heavy atom. The minimum Gasteiger partial charge on any atom is -0.319 e. The standard InChI is InChI=1S/C21H14F4N2/c1-12-5-2-10-18-20(12)27(11-13-14(22)6-3-7-15(13)23)21(26-18)19-16(24)8-4-9-17(19)25/h2-10H,11H2,1H3. The van der Waals surface area contributed by atoms with E-state index in [9.17, 15) is 17.6 Å². The van der Waals surface area contributed by atoms with Crippen LogP contribution in [0.15, 0.2) is 54.6 Å². The predicted molar refractivity (Wildman–Crippen MR) is 95.3 cm³/mol. The summed E-state index contributed by atoms with van der Waals surface area (Å²) in [5, 5.41) is 0. The lowest BCUT2D eigenvalue weighted by Crippen LogP contribution is -2.08. The van der Waals surface area contributed by atoms with Gasteiger partial charge in [-0.3, -0.25) is 0 Å². The Morgan fingerprint density at radius 1 is 0.778 bits per heavy atom. The first-order valence-corrected chi connectivity index (χ1v) is 8.30. The molecule has 2 nitrogen and oxygen atoms in total. The molecule has 136 valence electrons. The number of benzene rings is 3. The molecule has 0 atom stereocenters. The fraction of sp³-hybridized carbons (Fsp3) is 0.0952. The maximum absolute atomic E-state index is 14.4. The molecule has 0 fully saturated rings. The summed E-state index contributed by atoms with van der Waals surface area (Å²) in [4.78, 5) is 4.36. The van der Waals surface area contributed by atoms with Gasteiger partial charge in [0.15, 0.2) is 0 Å². The number of aromatic nitrogens is 2. The Labute approximate surface area is 152 Å². The van der Waals surface area contributed by atoms with Gasteiger partial charge in [-0.05, 0) is 42.8 Å². The van der Waals surface area contributed by atoms with Crippen LogP contribution in [0.25, 0.3) is 22.4 Å². The van der Waals surface area contributed by atoms with Crippen LogP contribution in [0.5, 0.6) is 0 Å². The zero-order valence-electron chi connectivity index (χ0n) is 14.3. The van der Waals surface area contributed by atoms with Crippen molar-refractivity contribution in [2.75, 3.05) is 0 Å². The summed E-state index contributed by atoms with van der Waals surface area (Å²) in [6, 6.07) is 12.3. The summed E-state index contributed by atoms with van der Waals surface area (Å²) in [6.45, 7) is 1.56. The molecular weight excluding hydrogens is 356 g/mol. The van der Waals surface area contributed by atoms with Crippen LogP contribution in [0, 0.1) is 30.2 Å². The second-order valence-electron chi connectivity index (χ2n) is 6.26. The van der Waals surface area contributed by atoms with Crippen molar-refractivity contribution >= 4 is 11.0 Å². The van der Waals surface area contributed by atoms with Crippen molar-refractivity contribution in [1.82, 2.24) is 9.55 Å². The molecule has 0 bridgehead atoms. The SMILES string of the molecule is Cc1cccc2nc(-c3c(F)cccc3F)n(Cc3c(F)cccc3F)c12. The van der Waals surface area contributed by atoms with Crippen molar-refractivity contribution in [2.24, 2.45) is 0 Å². The van der Waals surface area contributed by atoms with Crippen LogP contribution in [0.1, 0.15) is 11.1 Å². The molecule has 0 saturated heterocycles. The predicted octanol–water partition coefficient (Wildman–Crippen LogP) is 5.62. The van der Waals surface area contributed by atoms with Crippen LogP contribution in [-0.4, -0.2) is 9.55 Å². The van der Waals surface area contributed by atoms with Gasteiger partial charge in [-0.2, -0.15) is 0 Å². The summed E-state index contributed by atoms with van der Waals surface area (Å²) < 4.78 is 58.7. The number of halogens is 4. The van der Waals surface area contributed by atoms with Gasteiger partial charge in [0.2, 0.25) is 0 Å². The minimum atomic E-state index is -0.793. The van der Waals surface area contributed by atoms with Gasteiger partial charge >= 0.3 is 0 Å². The van der Waals surface area contributed by atoms with Crippen LogP contribution < -0.4 is 0 Å². The Kier molecular flexibility index (Phi) is 4.18. The van der Waals surface area contributed by atoms with Crippen molar-refractivity contribution < 1.29 is 17.6 Å². The first-order valence-electron chi connectivity index (χ1n) is 8.30. The summed E-state index contributed by atoms with van der Waals surface area (Å²) in [6.07, 6.45) is 0. The molecule has 0 aliphatic carbocycles. The van der Waals surface area contributed by atoms with Gasteiger partial charge in [0.1, 0.15) is 29.1 Å². The van der Waals surface area contributed by atoms with Crippen LogP contribution in [0.3, 0.4) is 0 Å². The largest absolute Gasteiger partial charge is 0.319 e. The van der Waals surface area contributed by atoms with Crippen LogP contribution in [-0.2, 0) is 6.54 Å². The van der Waals surface area contributed by atoms with Gasteiger partial charge in [0.05, 0.1) is 23.1 Å². The third-order valence-electron chi connectivity index (χ3n) is 4.53. The van der Waals surface area contributed by atoms with E-state index in [0.29, 0.717) is 11.0 Å². The molecular formula is C21H14F4N2. The fourth-order valence-corrected chi connectivity index (χ4v) is 3.26. The molecule has 4 rings (SSSR count). The topological polar surface area (TPSA) is 17.8 Å². The Morgan fingerprint density at radius 3 is 1.96 bits per heavy atom. The first kappa shape index (κ1) is 17.3. The van der Waals surface area contributed by atoms with Gasteiger partial charge < -0.3 is 4.57 Å². The lowest BCUT2D eigenvalue weighted by Gasteiger charge is -2.13. The maximum atomic E-state index is 14.4. The van der Waals surface area contributed by atoms with Gasteiger partial charge in [0.25, 0.3) is 0 Å².